The molecule has 0 atom stereocenters. The van der Waals surface area contributed by atoms with Crippen molar-refractivity contribution in [3.8, 4) is 5.75 Å². The van der Waals surface area contributed by atoms with Crippen molar-refractivity contribution in [3.05, 3.63) is 59.7 Å². The lowest BCUT2D eigenvalue weighted by Gasteiger charge is -2.32. The molecule has 0 bridgehead atoms. The Morgan fingerprint density at radius 2 is 1.90 bits per heavy atom. The van der Waals surface area contributed by atoms with Gasteiger partial charge in [0.1, 0.15) is 18.0 Å². The summed E-state index contributed by atoms with van der Waals surface area (Å²) in [6, 6.07) is 15.6. The van der Waals surface area contributed by atoms with Crippen LogP contribution in [-0.4, -0.2) is 6.09 Å². The Kier molecular flexibility index (Phi) is 3.29. The molecule has 108 valence electrons. The summed E-state index contributed by atoms with van der Waals surface area (Å²) >= 11 is 0. The maximum absolute atomic E-state index is 11.5. The highest BCUT2D eigenvalue weighted by Gasteiger charge is 2.33. The van der Waals surface area contributed by atoms with Gasteiger partial charge in [-0.25, -0.2) is 4.79 Å². The number of ether oxygens (including phenoxy) is 2. The maximum atomic E-state index is 11.5. The topological polar surface area (TPSA) is 47.6 Å². The molecule has 1 aliphatic rings. The Balaban J connectivity index is 1.81. The van der Waals surface area contributed by atoms with Gasteiger partial charge in [-0.1, -0.05) is 30.3 Å². The lowest BCUT2D eigenvalue weighted by atomic mass is 9.94. The number of hydrogen-bond acceptors (Lipinski definition) is 3. The van der Waals surface area contributed by atoms with Crippen LogP contribution in [0.25, 0.3) is 0 Å². The molecule has 0 saturated heterocycles. The average molecular weight is 283 g/mol. The largest absolute Gasteiger partial charge is 0.489 e. The van der Waals surface area contributed by atoms with Crippen LogP contribution >= 0.6 is 0 Å². The Bertz CT molecular complexity index is 665. The number of carbonyl (C=O) groups excluding carboxylic acids is 1. The van der Waals surface area contributed by atoms with Crippen LogP contribution in [0.2, 0.25) is 0 Å². The number of fused-ring (bicyclic) bond motifs is 1. The van der Waals surface area contributed by atoms with Crippen LogP contribution in [0.3, 0.4) is 0 Å². The molecule has 0 spiro atoms. The molecule has 4 nitrogen and oxygen atoms in total. The second-order valence-corrected chi connectivity index (χ2v) is 5.51. The van der Waals surface area contributed by atoms with Gasteiger partial charge in [0.15, 0.2) is 0 Å². The van der Waals surface area contributed by atoms with Crippen molar-refractivity contribution in [1.29, 1.82) is 0 Å². The van der Waals surface area contributed by atoms with E-state index in [0.29, 0.717) is 6.61 Å². The number of hydrogen-bond donors (Lipinski definition) is 1. The van der Waals surface area contributed by atoms with Gasteiger partial charge >= 0.3 is 6.09 Å². The van der Waals surface area contributed by atoms with E-state index in [2.05, 4.69) is 5.32 Å². The van der Waals surface area contributed by atoms with Crippen LogP contribution < -0.4 is 10.1 Å². The zero-order chi connectivity index (χ0) is 14.9. The van der Waals surface area contributed by atoms with Crippen molar-refractivity contribution in [2.45, 2.75) is 26.1 Å². The van der Waals surface area contributed by atoms with E-state index in [1.807, 2.05) is 62.4 Å². The second-order valence-electron chi connectivity index (χ2n) is 5.51. The summed E-state index contributed by atoms with van der Waals surface area (Å²) in [5.74, 6) is 0.755. The number of cyclic esters (lactones) is 1. The first-order valence-electron chi connectivity index (χ1n) is 6.86. The first kappa shape index (κ1) is 13.5. The molecule has 4 heteroatoms. The minimum Gasteiger partial charge on any atom is -0.489 e. The predicted octanol–water partition coefficient (Wildman–Crippen LogP) is 4.06. The molecule has 0 aliphatic carbocycles. The number of benzene rings is 2. The van der Waals surface area contributed by atoms with Gasteiger partial charge in [0.25, 0.3) is 0 Å². The maximum Gasteiger partial charge on any atom is 0.412 e. The first-order chi connectivity index (χ1) is 10.0. The van der Waals surface area contributed by atoms with Gasteiger partial charge in [0.05, 0.1) is 5.69 Å². The Morgan fingerprint density at radius 3 is 2.67 bits per heavy atom. The van der Waals surface area contributed by atoms with E-state index in [4.69, 9.17) is 9.47 Å². The summed E-state index contributed by atoms with van der Waals surface area (Å²) < 4.78 is 11.1. The monoisotopic (exact) mass is 283 g/mol. The smallest absolute Gasteiger partial charge is 0.412 e. The summed E-state index contributed by atoms with van der Waals surface area (Å²) in [6.45, 7) is 4.24. The molecule has 0 aromatic heterocycles. The predicted molar refractivity (Wildman–Crippen MR) is 80.3 cm³/mol. The van der Waals surface area contributed by atoms with Crippen molar-refractivity contribution < 1.29 is 14.3 Å². The van der Waals surface area contributed by atoms with Crippen LogP contribution in [0.1, 0.15) is 25.0 Å². The molecular formula is C17H17NO3. The van der Waals surface area contributed by atoms with Gasteiger partial charge < -0.3 is 9.47 Å². The fourth-order valence-corrected chi connectivity index (χ4v) is 2.38. The van der Waals surface area contributed by atoms with Crippen LogP contribution in [-0.2, 0) is 16.9 Å². The van der Waals surface area contributed by atoms with Crippen LogP contribution in [0.4, 0.5) is 10.5 Å². The summed E-state index contributed by atoms with van der Waals surface area (Å²) in [5.41, 5.74) is 2.12. The van der Waals surface area contributed by atoms with E-state index in [1.54, 1.807) is 0 Å². The molecule has 0 saturated carbocycles. The first-order valence-corrected chi connectivity index (χ1v) is 6.86. The molecule has 0 fully saturated rings. The molecule has 2 aromatic rings. The van der Waals surface area contributed by atoms with Crippen molar-refractivity contribution in [1.82, 2.24) is 0 Å². The summed E-state index contributed by atoms with van der Waals surface area (Å²) in [7, 11) is 0. The summed E-state index contributed by atoms with van der Waals surface area (Å²) in [5, 5.41) is 2.70. The van der Waals surface area contributed by atoms with E-state index < -0.39 is 11.7 Å². The third kappa shape index (κ3) is 2.84. The third-order valence-electron chi connectivity index (χ3n) is 3.47. The van der Waals surface area contributed by atoms with Gasteiger partial charge in [-0.05, 0) is 37.6 Å². The highest BCUT2D eigenvalue weighted by Crippen LogP contribution is 2.37. The second kappa shape index (κ2) is 5.13. The van der Waals surface area contributed by atoms with Crippen molar-refractivity contribution in [2.75, 3.05) is 5.32 Å². The van der Waals surface area contributed by atoms with Gasteiger partial charge in [0, 0.05) is 5.56 Å². The molecule has 0 unspecified atom stereocenters. The highest BCUT2D eigenvalue weighted by atomic mass is 16.6. The van der Waals surface area contributed by atoms with E-state index in [0.717, 1.165) is 22.6 Å². The molecule has 3 rings (SSSR count). The fraction of sp³-hybridized carbons (Fsp3) is 0.235. The van der Waals surface area contributed by atoms with Crippen molar-refractivity contribution in [3.63, 3.8) is 0 Å². The van der Waals surface area contributed by atoms with Gasteiger partial charge in [-0.3, -0.25) is 5.32 Å². The standard InChI is InChI=1S/C17H17NO3/c1-17(2)14-10-13(8-9-15(14)18-16(19)21-17)20-11-12-6-4-3-5-7-12/h3-10H,11H2,1-2H3,(H,18,19). The van der Waals surface area contributed by atoms with Crippen LogP contribution in [0.5, 0.6) is 5.75 Å². The van der Waals surface area contributed by atoms with Gasteiger partial charge in [-0.15, -0.1) is 0 Å². The Morgan fingerprint density at radius 1 is 1.14 bits per heavy atom. The molecule has 1 heterocycles. The van der Waals surface area contributed by atoms with E-state index in [-0.39, 0.29) is 0 Å². The minimum absolute atomic E-state index is 0.426. The molecular weight excluding hydrogens is 266 g/mol. The van der Waals surface area contributed by atoms with E-state index >= 15 is 0 Å². The number of amides is 1. The van der Waals surface area contributed by atoms with E-state index in [1.165, 1.54) is 0 Å². The Labute approximate surface area is 123 Å². The average Bonchev–Trinajstić information content (AvgIpc) is 2.45. The third-order valence-corrected chi connectivity index (χ3v) is 3.47. The van der Waals surface area contributed by atoms with Crippen LogP contribution in [0, 0.1) is 0 Å². The van der Waals surface area contributed by atoms with Crippen LogP contribution in [0.15, 0.2) is 48.5 Å². The van der Waals surface area contributed by atoms with Crippen molar-refractivity contribution in [2.24, 2.45) is 0 Å². The summed E-state index contributed by atoms with van der Waals surface area (Å²) in [6.07, 6.45) is -0.426. The lowest BCUT2D eigenvalue weighted by molar-refractivity contribution is 0.0418. The molecule has 2 aromatic carbocycles. The lowest BCUT2D eigenvalue weighted by Crippen LogP contribution is -2.34. The quantitative estimate of drug-likeness (QED) is 0.924. The highest BCUT2D eigenvalue weighted by molar-refractivity contribution is 5.88. The summed E-state index contributed by atoms with van der Waals surface area (Å²) in [4.78, 5) is 11.5. The number of nitrogens with one attached hydrogen (secondary N) is 1. The minimum atomic E-state index is -0.663. The zero-order valence-electron chi connectivity index (χ0n) is 12.1. The zero-order valence-corrected chi connectivity index (χ0v) is 12.1. The van der Waals surface area contributed by atoms with Crippen molar-refractivity contribution >= 4 is 11.8 Å². The number of anilines is 1. The normalized spacial score (nSPS) is 15.6. The molecule has 1 N–H and O–H groups in total. The number of carbonyl (C=O) groups is 1. The molecule has 1 aliphatic heterocycles. The number of rotatable bonds is 3. The van der Waals surface area contributed by atoms with E-state index in [9.17, 15) is 4.79 Å². The van der Waals surface area contributed by atoms with Gasteiger partial charge in [0.2, 0.25) is 0 Å². The molecule has 21 heavy (non-hydrogen) atoms. The SMILES string of the molecule is CC1(C)OC(=O)Nc2ccc(OCc3ccccc3)cc21. The molecule has 0 radical (unpaired) electrons. The van der Waals surface area contributed by atoms with Gasteiger partial charge in [-0.2, -0.15) is 0 Å². The fourth-order valence-electron chi connectivity index (χ4n) is 2.38. The Hall–Kier alpha value is -2.49. The molecule has 1 amide bonds.